The highest BCUT2D eigenvalue weighted by molar-refractivity contribution is 6.28. The summed E-state index contributed by atoms with van der Waals surface area (Å²) < 4.78 is 5.43. The number of nitrogen functional groups attached to an aromatic ring is 1. The molecule has 0 unspecified atom stereocenters. The number of aromatic nitrogens is 3. The number of nitrogens with zero attached hydrogens (tertiary/aromatic N) is 3. The van der Waals surface area contributed by atoms with E-state index in [2.05, 4.69) is 15.0 Å². The van der Waals surface area contributed by atoms with E-state index in [-0.39, 0.29) is 11.2 Å². The number of hydrogen-bond acceptors (Lipinski definition) is 5. The molecule has 3 rings (SSSR count). The van der Waals surface area contributed by atoms with Crippen LogP contribution in [0.25, 0.3) is 11.4 Å². The largest absolute Gasteiger partial charge is 0.493 e. The first-order valence-electron chi connectivity index (χ1n) is 5.15. The van der Waals surface area contributed by atoms with Gasteiger partial charge >= 0.3 is 0 Å². The maximum absolute atomic E-state index is 5.75. The molecule has 5 nitrogen and oxygen atoms in total. The fourth-order valence-electron chi connectivity index (χ4n) is 1.82. The molecule has 0 saturated carbocycles. The zero-order valence-corrected chi connectivity index (χ0v) is 9.61. The van der Waals surface area contributed by atoms with Crippen LogP contribution in [0.15, 0.2) is 18.2 Å². The lowest BCUT2D eigenvalue weighted by atomic mass is 10.1. The van der Waals surface area contributed by atoms with Gasteiger partial charge < -0.3 is 10.5 Å². The van der Waals surface area contributed by atoms with Gasteiger partial charge in [0.05, 0.1) is 6.61 Å². The number of ether oxygens (including phenoxy) is 1. The van der Waals surface area contributed by atoms with Crippen LogP contribution >= 0.6 is 11.6 Å². The molecule has 1 aromatic carbocycles. The summed E-state index contributed by atoms with van der Waals surface area (Å²) in [6.45, 7) is 0.721. The lowest BCUT2D eigenvalue weighted by Crippen LogP contribution is -2.00. The topological polar surface area (TPSA) is 73.9 Å². The molecule has 0 amide bonds. The van der Waals surface area contributed by atoms with Crippen LogP contribution in [0.1, 0.15) is 5.56 Å². The number of anilines is 1. The van der Waals surface area contributed by atoms with Gasteiger partial charge in [-0.05, 0) is 35.4 Å². The predicted octanol–water partition coefficient (Wildman–Crippen LogP) is 1.71. The molecule has 2 N–H and O–H groups in total. The van der Waals surface area contributed by atoms with E-state index in [1.165, 1.54) is 0 Å². The van der Waals surface area contributed by atoms with Crippen molar-refractivity contribution in [1.29, 1.82) is 0 Å². The second kappa shape index (κ2) is 3.85. The van der Waals surface area contributed by atoms with E-state index in [9.17, 15) is 0 Å². The molecule has 0 atom stereocenters. The highest BCUT2D eigenvalue weighted by Crippen LogP contribution is 2.29. The van der Waals surface area contributed by atoms with E-state index in [4.69, 9.17) is 22.1 Å². The van der Waals surface area contributed by atoms with Crippen molar-refractivity contribution >= 4 is 17.5 Å². The van der Waals surface area contributed by atoms with Crippen LogP contribution in [0, 0.1) is 0 Å². The SMILES string of the molecule is Nc1nc(Cl)nc(-c2ccc3c(c2)CCO3)n1. The molecule has 86 valence electrons. The smallest absolute Gasteiger partial charge is 0.227 e. The molecule has 2 aromatic rings. The summed E-state index contributed by atoms with van der Waals surface area (Å²) in [5, 5.41) is 0.101. The number of fused-ring (bicyclic) bond motifs is 1. The highest BCUT2D eigenvalue weighted by atomic mass is 35.5. The maximum Gasteiger partial charge on any atom is 0.227 e. The van der Waals surface area contributed by atoms with Crippen molar-refractivity contribution < 1.29 is 4.74 Å². The number of halogens is 1. The van der Waals surface area contributed by atoms with Gasteiger partial charge in [0, 0.05) is 12.0 Å². The van der Waals surface area contributed by atoms with Crippen LogP contribution in [-0.4, -0.2) is 21.6 Å². The van der Waals surface area contributed by atoms with Gasteiger partial charge in [-0.25, -0.2) is 0 Å². The molecule has 0 spiro atoms. The fraction of sp³-hybridized carbons (Fsp3) is 0.182. The first kappa shape index (κ1) is 10.3. The Labute approximate surface area is 103 Å². The Balaban J connectivity index is 2.09. The lowest BCUT2D eigenvalue weighted by Gasteiger charge is -2.03. The van der Waals surface area contributed by atoms with Gasteiger partial charge in [-0.2, -0.15) is 15.0 Å². The third kappa shape index (κ3) is 1.89. The zero-order chi connectivity index (χ0) is 11.8. The predicted molar refractivity (Wildman–Crippen MR) is 63.9 cm³/mol. The molecule has 6 heteroatoms. The summed E-state index contributed by atoms with van der Waals surface area (Å²) in [6.07, 6.45) is 0.900. The lowest BCUT2D eigenvalue weighted by molar-refractivity contribution is 0.357. The molecule has 0 aliphatic carbocycles. The minimum atomic E-state index is 0.101. The Bertz CT molecular complexity index is 567. The summed E-state index contributed by atoms with van der Waals surface area (Å²) in [5.74, 6) is 1.52. The van der Waals surface area contributed by atoms with Crippen molar-refractivity contribution in [2.45, 2.75) is 6.42 Å². The van der Waals surface area contributed by atoms with Crippen molar-refractivity contribution in [3.8, 4) is 17.1 Å². The third-order valence-corrected chi connectivity index (χ3v) is 2.74. The van der Waals surface area contributed by atoms with E-state index < -0.39 is 0 Å². The van der Waals surface area contributed by atoms with Crippen LogP contribution in [0.4, 0.5) is 5.95 Å². The van der Waals surface area contributed by atoms with Crippen LogP contribution < -0.4 is 10.5 Å². The van der Waals surface area contributed by atoms with Crippen LogP contribution in [-0.2, 0) is 6.42 Å². The molecular formula is C11H9ClN4O. The second-order valence-electron chi connectivity index (χ2n) is 3.71. The van der Waals surface area contributed by atoms with Gasteiger partial charge in [-0.1, -0.05) is 0 Å². The van der Waals surface area contributed by atoms with Gasteiger partial charge in [0.15, 0.2) is 5.82 Å². The van der Waals surface area contributed by atoms with Gasteiger partial charge in [0.25, 0.3) is 0 Å². The normalized spacial score (nSPS) is 13.2. The van der Waals surface area contributed by atoms with Crippen LogP contribution in [0.3, 0.4) is 0 Å². The minimum absolute atomic E-state index is 0.101. The van der Waals surface area contributed by atoms with Crippen molar-refractivity contribution in [3.05, 3.63) is 29.0 Å². The summed E-state index contributed by atoms with van der Waals surface area (Å²) in [7, 11) is 0. The molecule has 1 aliphatic heterocycles. The summed E-state index contributed by atoms with van der Waals surface area (Å²) in [5.41, 5.74) is 7.55. The molecule has 0 saturated heterocycles. The molecule has 0 radical (unpaired) electrons. The standard InChI is InChI=1S/C11H9ClN4O/c12-10-14-9(15-11(13)16-10)7-1-2-8-6(5-7)3-4-17-8/h1-2,5H,3-4H2,(H2,13,14,15,16). The zero-order valence-electron chi connectivity index (χ0n) is 8.85. The van der Waals surface area contributed by atoms with E-state index in [0.29, 0.717) is 5.82 Å². The third-order valence-electron chi connectivity index (χ3n) is 2.57. The number of hydrogen-bond donors (Lipinski definition) is 1. The van der Waals surface area contributed by atoms with Gasteiger partial charge in [-0.15, -0.1) is 0 Å². The van der Waals surface area contributed by atoms with Crippen LogP contribution in [0.2, 0.25) is 5.28 Å². The number of nitrogens with two attached hydrogens (primary N) is 1. The van der Waals surface area contributed by atoms with E-state index in [1.807, 2.05) is 18.2 Å². The molecule has 1 aliphatic rings. The molecule has 1 aromatic heterocycles. The first-order chi connectivity index (χ1) is 8.22. The molecule has 0 bridgehead atoms. The van der Waals surface area contributed by atoms with Crippen molar-refractivity contribution in [1.82, 2.24) is 15.0 Å². The van der Waals surface area contributed by atoms with Crippen LogP contribution in [0.5, 0.6) is 5.75 Å². The molecule has 2 heterocycles. The minimum Gasteiger partial charge on any atom is -0.493 e. The molecule has 0 fully saturated rings. The average molecular weight is 249 g/mol. The Morgan fingerprint density at radius 3 is 2.94 bits per heavy atom. The number of benzene rings is 1. The first-order valence-corrected chi connectivity index (χ1v) is 5.53. The highest BCUT2D eigenvalue weighted by Gasteiger charge is 2.14. The summed E-state index contributed by atoms with van der Waals surface area (Å²) >= 11 is 5.75. The van der Waals surface area contributed by atoms with Gasteiger partial charge in [0.2, 0.25) is 11.2 Å². The second-order valence-corrected chi connectivity index (χ2v) is 4.05. The number of rotatable bonds is 1. The molecule has 17 heavy (non-hydrogen) atoms. The summed E-state index contributed by atoms with van der Waals surface area (Å²) in [6, 6.07) is 5.79. The maximum atomic E-state index is 5.75. The molecular weight excluding hydrogens is 240 g/mol. The van der Waals surface area contributed by atoms with Gasteiger partial charge in [-0.3, -0.25) is 0 Å². The van der Waals surface area contributed by atoms with E-state index in [0.717, 1.165) is 29.9 Å². The Morgan fingerprint density at radius 2 is 2.12 bits per heavy atom. The van der Waals surface area contributed by atoms with E-state index >= 15 is 0 Å². The van der Waals surface area contributed by atoms with Crippen molar-refractivity contribution in [2.24, 2.45) is 0 Å². The van der Waals surface area contributed by atoms with Crippen molar-refractivity contribution in [3.63, 3.8) is 0 Å². The van der Waals surface area contributed by atoms with Crippen molar-refractivity contribution in [2.75, 3.05) is 12.3 Å². The fourth-order valence-corrected chi connectivity index (χ4v) is 1.99. The quantitative estimate of drug-likeness (QED) is 0.832. The monoisotopic (exact) mass is 248 g/mol. The Hall–Kier alpha value is -1.88. The summed E-state index contributed by atoms with van der Waals surface area (Å²) in [4.78, 5) is 11.8. The average Bonchev–Trinajstić information content (AvgIpc) is 2.74. The van der Waals surface area contributed by atoms with Gasteiger partial charge in [0.1, 0.15) is 5.75 Å². The Morgan fingerprint density at radius 1 is 1.24 bits per heavy atom. The van der Waals surface area contributed by atoms with E-state index in [1.54, 1.807) is 0 Å². The Kier molecular flexibility index (Phi) is 2.33.